The maximum absolute atomic E-state index is 5.57. The van der Waals surface area contributed by atoms with Crippen LogP contribution in [0.4, 0.5) is 0 Å². The first-order chi connectivity index (χ1) is 8.67. The summed E-state index contributed by atoms with van der Waals surface area (Å²) >= 11 is 0. The van der Waals surface area contributed by atoms with Crippen LogP contribution in [0.1, 0.15) is 36.9 Å². The largest absolute Gasteiger partial charge is 0.383 e. The van der Waals surface area contributed by atoms with Crippen molar-refractivity contribution in [1.82, 2.24) is 5.32 Å². The van der Waals surface area contributed by atoms with Gasteiger partial charge in [0.15, 0.2) is 0 Å². The normalized spacial score (nSPS) is 14.4. The molecular formula is C15H26N2O. The quantitative estimate of drug-likeness (QED) is 0.745. The van der Waals surface area contributed by atoms with E-state index in [-0.39, 0.29) is 0 Å². The molecular weight excluding hydrogens is 224 g/mol. The van der Waals surface area contributed by atoms with E-state index in [4.69, 9.17) is 10.5 Å². The van der Waals surface area contributed by atoms with Crippen LogP contribution in [0, 0.1) is 6.92 Å². The summed E-state index contributed by atoms with van der Waals surface area (Å²) in [6, 6.07) is 9.32. The molecule has 0 aliphatic rings. The molecule has 0 bridgehead atoms. The second-order valence-electron chi connectivity index (χ2n) is 4.89. The highest BCUT2D eigenvalue weighted by molar-refractivity contribution is 5.24. The number of methoxy groups -OCH3 is 1. The van der Waals surface area contributed by atoms with Crippen molar-refractivity contribution >= 4 is 0 Å². The van der Waals surface area contributed by atoms with E-state index in [0.29, 0.717) is 12.1 Å². The monoisotopic (exact) mass is 250 g/mol. The van der Waals surface area contributed by atoms with Gasteiger partial charge in [0.05, 0.1) is 6.61 Å². The Hall–Kier alpha value is -0.900. The number of hydrogen-bond acceptors (Lipinski definition) is 3. The Bertz CT molecular complexity index is 341. The molecule has 3 N–H and O–H groups in total. The van der Waals surface area contributed by atoms with E-state index >= 15 is 0 Å². The molecule has 3 nitrogen and oxygen atoms in total. The molecule has 18 heavy (non-hydrogen) atoms. The highest BCUT2D eigenvalue weighted by Crippen LogP contribution is 2.15. The average molecular weight is 250 g/mol. The molecule has 0 saturated heterocycles. The summed E-state index contributed by atoms with van der Waals surface area (Å²) in [5, 5.41) is 3.62. The van der Waals surface area contributed by atoms with Gasteiger partial charge >= 0.3 is 0 Å². The lowest BCUT2D eigenvalue weighted by Gasteiger charge is -2.23. The van der Waals surface area contributed by atoms with E-state index in [9.17, 15) is 0 Å². The number of aryl methyl sites for hydroxylation is 1. The predicted molar refractivity (Wildman–Crippen MR) is 76.7 cm³/mol. The molecule has 0 spiro atoms. The van der Waals surface area contributed by atoms with Crippen LogP contribution in [0.5, 0.6) is 0 Å². The van der Waals surface area contributed by atoms with Crippen LogP contribution in [0.15, 0.2) is 24.3 Å². The third-order valence-electron chi connectivity index (χ3n) is 3.15. The van der Waals surface area contributed by atoms with E-state index in [2.05, 4.69) is 43.4 Å². The lowest BCUT2D eigenvalue weighted by Crippen LogP contribution is -2.35. The molecule has 2 atom stereocenters. The molecule has 0 amide bonds. The maximum Gasteiger partial charge on any atom is 0.0616 e. The van der Waals surface area contributed by atoms with Crippen LogP contribution in [0.3, 0.4) is 0 Å². The summed E-state index contributed by atoms with van der Waals surface area (Å²) in [6.07, 6.45) is 2.09. The third kappa shape index (κ3) is 5.17. The summed E-state index contributed by atoms with van der Waals surface area (Å²) in [5.74, 6) is 0. The van der Waals surface area contributed by atoms with Gasteiger partial charge in [-0.05, 0) is 38.8 Å². The predicted octanol–water partition coefficient (Wildman–Crippen LogP) is 2.40. The molecule has 0 fully saturated rings. The van der Waals surface area contributed by atoms with E-state index in [1.165, 1.54) is 11.1 Å². The zero-order valence-electron chi connectivity index (χ0n) is 11.8. The molecule has 3 heteroatoms. The number of ether oxygens (including phenoxy) is 1. The standard InChI is InChI=1S/C15H26N2O/c1-12-6-4-7-14(10-12)13(2)17-15(11-18-3)8-5-9-16/h4,6-7,10,13,15,17H,5,8-9,11,16H2,1-3H3/t13-,15?/m1/s1. The fourth-order valence-electron chi connectivity index (χ4n) is 2.17. The number of benzene rings is 1. The first-order valence-corrected chi connectivity index (χ1v) is 6.69. The van der Waals surface area contributed by atoms with Crippen LogP contribution in [-0.4, -0.2) is 26.3 Å². The lowest BCUT2D eigenvalue weighted by molar-refractivity contribution is 0.156. The van der Waals surface area contributed by atoms with Crippen LogP contribution < -0.4 is 11.1 Å². The minimum absolute atomic E-state index is 0.336. The Morgan fingerprint density at radius 3 is 2.78 bits per heavy atom. The van der Waals surface area contributed by atoms with Gasteiger partial charge in [0.2, 0.25) is 0 Å². The van der Waals surface area contributed by atoms with Gasteiger partial charge < -0.3 is 15.8 Å². The van der Waals surface area contributed by atoms with Crippen molar-refractivity contribution in [2.75, 3.05) is 20.3 Å². The van der Waals surface area contributed by atoms with Crippen molar-refractivity contribution in [3.05, 3.63) is 35.4 Å². The smallest absolute Gasteiger partial charge is 0.0616 e. The number of hydrogen-bond donors (Lipinski definition) is 2. The molecule has 0 aromatic heterocycles. The second-order valence-corrected chi connectivity index (χ2v) is 4.89. The van der Waals surface area contributed by atoms with Gasteiger partial charge in [0.1, 0.15) is 0 Å². The SMILES string of the molecule is COCC(CCCN)N[C@H](C)c1cccc(C)c1. The summed E-state index contributed by atoms with van der Waals surface area (Å²) in [7, 11) is 1.74. The van der Waals surface area contributed by atoms with Crippen molar-refractivity contribution in [2.45, 2.75) is 38.8 Å². The molecule has 1 aromatic rings. The Labute approximate surface area is 111 Å². The fraction of sp³-hybridized carbons (Fsp3) is 0.600. The van der Waals surface area contributed by atoms with E-state index in [1.54, 1.807) is 7.11 Å². The van der Waals surface area contributed by atoms with Gasteiger partial charge in [-0.25, -0.2) is 0 Å². The van der Waals surface area contributed by atoms with Gasteiger partial charge in [-0.3, -0.25) is 0 Å². The topological polar surface area (TPSA) is 47.3 Å². The summed E-state index contributed by atoms with van der Waals surface area (Å²) in [5.41, 5.74) is 8.19. The Morgan fingerprint density at radius 1 is 1.39 bits per heavy atom. The molecule has 1 aromatic carbocycles. The van der Waals surface area contributed by atoms with Crippen molar-refractivity contribution < 1.29 is 4.74 Å². The number of nitrogens with two attached hydrogens (primary N) is 1. The average Bonchev–Trinajstić information content (AvgIpc) is 2.36. The van der Waals surface area contributed by atoms with Crippen molar-refractivity contribution in [3.8, 4) is 0 Å². The van der Waals surface area contributed by atoms with Gasteiger partial charge in [-0.1, -0.05) is 29.8 Å². The first kappa shape index (κ1) is 15.2. The first-order valence-electron chi connectivity index (χ1n) is 6.69. The van der Waals surface area contributed by atoms with Crippen LogP contribution >= 0.6 is 0 Å². The minimum atomic E-state index is 0.336. The van der Waals surface area contributed by atoms with Crippen molar-refractivity contribution in [3.63, 3.8) is 0 Å². The zero-order valence-corrected chi connectivity index (χ0v) is 11.8. The van der Waals surface area contributed by atoms with Crippen molar-refractivity contribution in [1.29, 1.82) is 0 Å². The third-order valence-corrected chi connectivity index (χ3v) is 3.15. The van der Waals surface area contributed by atoms with Crippen LogP contribution in [0.25, 0.3) is 0 Å². The van der Waals surface area contributed by atoms with Crippen LogP contribution in [-0.2, 0) is 4.74 Å². The van der Waals surface area contributed by atoms with E-state index < -0.39 is 0 Å². The molecule has 102 valence electrons. The summed E-state index contributed by atoms with van der Waals surface area (Å²) < 4.78 is 5.26. The van der Waals surface area contributed by atoms with Gasteiger partial charge in [0.25, 0.3) is 0 Å². The zero-order chi connectivity index (χ0) is 13.4. The minimum Gasteiger partial charge on any atom is -0.383 e. The Kier molecular flexibility index (Phi) is 6.94. The number of nitrogens with one attached hydrogen (secondary N) is 1. The number of rotatable bonds is 8. The summed E-state index contributed by atoms with van der Waals surface area (Å²) in [6.45, 7) is 5.79. The highest BCUT2D eigenvalue weighted by atomic mass is 16.5. The van der Waals surface area contributed by atoms with Gasteiger partial charge in [-0.15, -0.1) is 0 Å². The summed E-state index contributed by atoms with van der Waals surface area (Å²) in [4.78, 5) is 0. The molecule has 0 radical (unpaired) electrons. The highest BCUT2D eigenvalue weighted by Gasteiger charge is 2.12. The maximum atomic E-state index is 5.57. The van der Waals surface area contributed by atoms with Crippen molar-refractivity contribution in [2.24, 2.45) is 5.73 Å². The van der Waals surface area contributed by atoms with E-state index in [0.717, 1.165) is 26.0 Å². The van der Waals surface area contributed by atoms with E-state index in [1.807, 2.05) is 0 Å². The fourth-order valence-corrected chi connectivity index (χ4v) is 2.17. The van der Waals surface area contributed by atoms with Gasteiger partial charge in [0, 0.05) is 19.2 Å². The molecule has 1 rings (SSSR count). The lowest BCUT2D eigenvalue weighted by atomic mass is 10.0. The van der Waals surface area contributed by atoms with Gasteiger partial charge in [-0.2, -0.15) is 0 Å². The Balaban J connectivity index is 2.56. The molecule has 1 unspecified atom stereocenters. The molecule has 0 saturated carbocycles. The Morgan fingerprint density at radius 2 is 2.17 bits per heavy atom. The van der Waals surface area contributed by atoms with Crippen LogP contribution in [0.2, 0.25) is 0 Å². The molecule has 0 aliphatic carbocycles. The molecule has 0 heterocycles. The second kappa shape index (κ2) is 8.25. The molecule has 0 aliphatic heterocycles.